The van der Waals surface area contributed by atoms with Gasteiger partial charge in [0.1, 0.15) is 12.2 Å². The van der Waals surface area contributed by atoms with E-state index in [0.717, 1.165) is 7.11 Å². The second kappa shape index (κ2) is 7.11. The lowest BCUT2D eigenvalue weighted by Gasteiger charge is -2.58. The molecule has 5 aliphatic rings. The summed E-state index contributed by atoms with van der Waals surface area (Å²) in [5.41, 5.74) is -6.71. The van der Waals surface area contributed by atoms with Gasteiger partial charge in [0.25, 0.3) is 0 Å². The first-order valence-corrected chi connectivity index (χ1v) is 12.6. The topological polar surface area (TPSA) is 164 Å². The van der Waals surface area contributed by atoms with Crippen LogP contribution in [0.1, 0.15) is 51.7 Å². The van der Waals surface area contributed by atoms with Crippen molar-refractivity contribution in [3.63, 3.8) is 0 Å². The number of carbonyl (C=O) groups is 3. The Morgan fingerprint density at radius 1 is 1.19 bits per heavy atom. The molecule has 0 amide bonds. The number of fused-ring (bicyclic) bond motifs is 6. The number of hydrogen-bond acceptors (Lipinski definition) is 10. The van der Waals surface area contributed by atoms with E-state index in [-0.39, 0.29) is 12.0 Å². The third-order valence-electron chi connectivity index (χ3n) is 11.0. The number of aliphatic hydroxyl groups excluding tert-OH is 2. The van der Waals surface area contributed by atoms with Crippen molar-refractivity contribution in [3.8, 4) is 0 Å². The predicted octanol–water partition coefficient (Wildman–Crippen LogP) is 0.822. The van der Waals surface area contributed by atoms with E-state index in [1.807, 2.05) is 6.92 Å². The average molecular weight is 517 g/mol. The minimum Gasteiger partial charge on any atom is -0.472 e. The molecule has 0 spiro atoms. The molecule has 1 aromatic heterocycles. The minimum absolute atomic E-state index is 0.159. The first-order valence-electron chi connectivity index (χ1n) is 12.6. The van der Waals surface area contributed by atoms with Crippen molar-refractivity contribution in [1.82, 2.24) is 0 Å². The van der Waals surface area contributed by atoms with Gasteiger partial charge in [0.2, 0.25) is 0 Å². The fourth-order valence-corrected chi connectivity index (χ4v) is 9.68. The summed E-state index contributed by atoms with van der Waals surface area (Å²) < 4.78 is 15.7. The van der Waals surface area contributed by atoms with Crippen LogP contribution in [0.25, 0.3) is 0 Å². The largest absolute Gasteiger partial charge is 0.472 e. The molecule has 11 atom stereocenters. The Morgan fingerprint density at radius 3 is 2.51 bits per heavy atom. The Labute approximate surface area is 213 Å². The highest BCUT2D eigenvalue weighted by Gasteiger charge is 2.88. The lowest BCUT2D eigenvalue weighted by Crippen LogP contribution is -2.65. The molecule has 37 heavy (non-hydrogen) atoms. The number of rotatable bonds is 3. The quantitative estimate of drug-likeness (QED) is 0.423. The number of Topliss-reactive ketones (excluding diaryl/α,β-unsaturated/α-hetero) is 1. The number of methoxy groups -OCH3 is 1. The van der Waals surface area contributed by atoms with Crippen molar-refractivity contribution in [3.05, 3.63) is 35.8 Å². The average Bonchev–Trinajstić information content (AvgIpc) is 3.45. The van der Waals surface area contributed by atoms with Crippen molar-refractivity contribution in [2.75, 3.05) is 7.11 Å². The number of hydrogen-bond donors (Lipinski definition) is 4. The molecule has 1 aliphatic heterocycles. The summed E-state index contributed by atoms with van der Waals surface area (Å²) in [6.07, 6.45) is 0.351. The van der Waals surface area contributed by atoms with Crippen molar-refractivity contribution in [2.24, 2.45) is 34.0 Å². The summed E-state index contributed by atoms with van der Waals surface area (Å²) in [7, 11) is 1.12. The molecule has 1 aromatic rings. The molecule has 2 bridgehead atoms. The molecule has 4 fully saturated rings. The molecule has 4 aliphatic carbocycles. The van der Waals surface area contributed by atoms with Crippen molar-refractivity contribution in [2.45, 2.75) is 69.5 Å². The molecule has 10 nitrogen and oxygen atoms in total. The number of ether oxygens (including phenoxy) is 2. The Balaban J connectivity index is 1.59. The van der Waals surface area contributed by atoms with Crippen LogP contribution in [0, 0.1) is 34.0 Å². The second-order valence-electron chi connectivity index (χ2n) is 12.3. The number of furan rings is 1. The minimum atomic E-state index is -2.00. The summed E-state index contributed by atoms with van der Waals surface area (Å²) >= 11 is 0. The maximum absolute atomic E-state index is 13.7. The number of carbonyl (C=O) groups excluding carboxylic acids is 3. The zero-order valence-electron chi connectivity index (χ0n) is 21.1. The highest BCUT2D eigenvalue weighted by atomic mass is 16.5. The summed E-state index contributed by atoms with van der Waals surface area (Å²) in [4.78, 5) is 39.2. The highest BCUT2D eigenvalue weighted by molar-refractivity contribution is 5.94. The lowest BCUT2D eigenvalue weighted by atomic mass is 9.49. The van der Waals surface area contributed by atoms with Crippen molar-refractivity contribution in [1.29, 1.82) is 0 Å². The van der Waals surface area contributed by atoms with E-state index < -0.39 is 81.2 Å². The van der Waals surface area contributed by atoms with Gasteiger partial charge in [0.15, 0.2) is 11.9 Å². The number of esters is 2. The predicted molar refractivity (Wildman–Crippen MR) is 123 cm³/mol. The van der Waals surface area contributed by atoms with Crippen LogP contribution < -0.4 is 0 Å². The highest BCUT2D eigenvalue weighted by Crippen LogP contribution is 2.80. The van der Waals surface area contributed by atoms with E-state index in [1.54, 1.807) is 19.9 Å². The Morgan fingerprint density at radius 2 is 1.89 bits per heavy atom. The van der Waals surface area contributed by atoms with Gasteiger partial charge in [-0.3, -0.25) is 4.79 Å². The number of ketones is 1. The van der Waals surface area contributed by atoms with Crippen LogP contribution in [0.2, 0.25) is 0 Å². The van der Waals surface area contributed by atoms with E-state index in [4.69, 9.17) is 13.9 Å². The van der Waals surface area contributed by atoms with Gasteiger partial charge in [0, 0.05) is 39.7 Å². The summed E-state index contributed by atoms with van der Waals surface area (Å²) in [5.74, 6) is -5.64. The second-order valence-corrected chi connectivity index (χ2v) is 12.3. The van der Waals surface area contributed by atoms with Gasteiger partial charge < -0.3 is 34.3 Å². The van der Waals surface area contributed by atoms with Gasteiger partial charge in [-0.05, 0) is 30.9 Å². The molecule has 4 saturated carbocycles. The first kappa shape index (κ1) is 24.8. The van der Waals surface area contributed by atoms with Crippen LogP contribution >= 0.6 is 0 Å². The molecular formula is C27H32O10. The Bertz CT molecular complexity index is 1240. The number of aliphatic hydroxyl groups is 4. The standard InChI is InChI=1S/C27H32O10/c1-23-7-5-13-25(3)18(17(30)22(32)35-4)24(2)11-26(25,33)19(16(29)20(24)31)27(13,34)14(23)9-15(28)37-21(23)12-6-8-36-10-12/h6,8-10,13,16-19,21,29-30,33-34H,5,7,11H2,1-4H3/t13-,16+,17-,18+,19+,21+,23-,24-,25-,26+,27+/m1/s1. The maximum atomic E-state index is 13.7. The van der Waals surface area contributed by atoms with E-state index in [1.165, 1.54) is 18.6 Å². The molecule has 0 aromatic carbocycles. The van der Waals surface area contributed by atoms with Crippen LogP contribution in [0.5, 0.6) is 0 Å². The smallest absolute Gasteiger partial charge is 0.335 e. The van der Waals surface area contributed by atoms with Gasteiger partial charge in [0.05, 0.1) is 36.8 Å². The fraction of sp³-hybridized carbons (Fsp3) is 0.667. The lowest BCUT2D eigenvalue weighted by molar-refractivity contribution is -0.190. The molecule has 0 unspecified atom stereocenters. The molecule has 10 heteroatoms. The molecule has 0 saturated heterocycles. The zero-order chi connectivity index (χ0) is 26.9. The van der Waals surface area contributed by atoms with Crippen LogP contribution in [-0.4, -0.2) is 68.7 Å². The third-order valence-corrected chi connectivity index (χ3v) is 11.0. The Kier molecular flexibility index (Phi) is 4.76. The normalized spacial score (nSPS) is 50.6. The molecule has 2 heterocycles. The van der Waals surface area contributed by atoms with Gasteiger partial charge in [-0.15, -0.1) is 0 Å². The van der Waals surface area contributed by atoms with Crippen molar-refractivity contribution >= 4 is 17.7 Å². The van der Waals surface area contributed by atoms with Gasteiger partial charge in [-0.25, -0.2) is 9.59 Å². The molecule has 0 radical (unpaired) electrons. The van der Waals surface area contributed by atoms with Crippen LogP contribution in [0.3, 0.4) is 0 Å². The molecule has 4 N–H and O–H groups in total. The number of cyclic esters (lactones) is 1. The third kappa shape index (κ3) is 2.49. The van der Waals surface area contributed by atoms with E-state index in [2.05, 4.69) is 0 Å². The van der Waals surface area contributed by atoms with Crippen LogP contribution in [-0.2, 0) is 23.9 Å². The first-order chi connectivity index (χ1) is 17.2. The van der Waals surface area contributed by atoms with E-state index in [0.29, 0.717) is 18.4 Å². The maximum Gasteiger partial charge on any atom is 0.335 e. The zero-order valence-corrected chi connectivity index (χ0v) is 21.1. The van der Waals surface area contributed by atoms with Crippen LogP contribution in [0.15, 0.2) is 34.7 Å². The molecule has 6 rings (SSSR count). The van der Waals surface area contributed by atoms with Gasteiger partial charge in [-0.2, -0.15) is 0 Å². The van der Waals surface area contributed by atoms with E-state index >= 15 is 0 Å². The molecule has 200 valence electrons. The van der Waals surface area contributed by atoms with Crippen molar-refractivity contribution < 1.29 is 48.7 Å². The fourth-order valence-electron chi connectivity index (χ4n) is 9.68. The summed E-state index contributed by atoms with van der Waals surface area (Å²) in [6.45, 7) is 5.07. The summed E-state index contributed by atoms with van der Waals surface area (Å²) in [5, 5.41) is 47.8. The van der Waals surface area contributed by atoms with Gasteiger partial charge in [-0.1, -0.05) is 20.8 Å². The van der Waals surface area contributed by atoms with Gasteiger partial charge >= 0.3 is 11.9 Å². The molecular weight excluding hydrogens is 484 g/mol. The summed E-state index contributed by atoms with van der Waals surface area (Å²) in [6, 6.07) is 1.67. The van der Waals surface area contributed by atoms with Crippen LogP contribution in [0.4, 0.5) is 0 Å². The monoisotopic (exact) mass is 516 g/mol. The Hall–Kier alpha value is -2.53. The van der Waals surface area contributed by atoms with E-state index in [9.17, 15) is 34.8 Å². The SMILES string of the molecule is COC(=O)[C@H](O)[C@@H]1[C@@]2(C)[C@H]3CC[C@]4(C)C(=CC(=O)O[C@H]4c4ccoc4)[C@]3(O)[C@H]3[C@H](O)C(=O)[C@]1(C)C[C@]32O.